The standard InChI is InChI=1S/C13H19N3OS/c1-18(17)9-11-4-2-10(3-5-11)8-15-13(14)16-12-6-7-12/h2-5,12H,6-9H2,1H3,(H3,14,15,16). The lowest BCUT2D eigenvalue weighted by Gasteiger charge is -2.04. The average molecular weight is 265 g/mol. The Kier molecular flexibility index (Phi) is 4.36. The molecular weight excluding hydrogens is 246 g/mol. The third-order valence-corrected chi connectivity index (χ3v) is 3.49. The van der Waals surface area contributed by atoms with E-state index >= 15 is 0 Å². The third-order valence-electron chi connectivity index (χ3n) is 2.75. The van der Waals surface area contributed by atoms with Gasteiger partial charge >= 0.3 is 0 Å². The van der Waals surface area contributed by atoms with E-state index in [9.17, 15) is 4.21 Å². The van der Waals surface area contributed by atoms with Gasteiger partial charge in [-0.3, -0.25) is 4.21 Å². The van der Waals surface area contributed by atoms with Gasteiger partial charge in [0.2, 0.25) is 0 Å². The summed E-state index contributed by atoms with van der Waals surface area (Å²) in [4.78, 5) is 4.29. The summed E-state index contributed by atoms with van der Waals surface area (Å²) in [6, 6.07) is 8.55. The van der Waals surface area contributed by atoms with Crippen LogP contribution in [0.3, 0.4) is 0 Å². The van der Waals surface area contributed by atoms with Gasteiger partial charge in [-0.05, 0) is 24.0 Å². The molecule has 1 aromatic rings. The number of rotatable bonds is 5. The SMILES string of the molecule is CS(=O)Cc1ccc(CN=C(N)NC2CC2)cc1. The molecule has 0 aliphatic heterocycles. The second-order valence-electron chi connectivity index (χ2n) is 4.65. The zero-order valence-electron chi connectivity index (χ0n) is 10.6. The van der Waals surface area contributed by atoms with Gasteiger partial charge in [0, 0.05) is 28.9 Å². The van der Waals surface area contributed by atoms with E-state index in [0.29, 0.717) is 24.3 Å². The van der Waals surface area contributed by atoms with E-state index in [1.165, 1.54) is 12.8 Å². The van der Waals surface area contributed by atoms with Gasteiger partial charge in [0.15, 0.2) is 5.96 Å². The van der Waals surface area contributed by atoms with Gasteiger partial charge in [0.05, 0.1) is 6.54 Å². The van der Waals surface area contributed by atoms with Crippen LogP contribution in [0.2, 0.25) is 0 Å². The van der Waals surface area contributed by atoms with Crippen LogP contribution in [0.5, 0.6) is 0 Å². The quantitative estimate of drug-likeness (QED) is 0.619. The van der Waals surface area contributed by atoms with Gasteiger partial charge in [-0.1, -0.05) is 24.3 Å². The van der Waals surface area contributed by atoms with Crippen LogP contribution < -0.4 is 11.1 Å². The number of guanidine groups is 1. The minimum atomic E-state index is -0.792. The van der Waals surface area contributed by atoms with E-state index in [2.05, 4.69) is 10.3 Å². The Morgan fingerprint density at radius 1 is 1.39 bits per heavy atom. The molecule has 1 aromatic carbocycles. The number of nitrogens with one attached hydrogen (secondary N) is 1. The second kappa shape index (κ2) is 6.00. The molecular formula is C13H19N3OS. The predicted molar refractivity (Wildman–Crippen MR) is 75.7 cm³/mol. The van der Waals surface area contributed by atoms with E-state index in [-0.39, 0.29) is 0 Å². The fourth-order valence-electron chi connectivity index (χ4n) is 1.63. The Balaban J connectivity index is 1.86. The lowest BCUT2D eigenvalue weighted by atomic mass is 10.1. The van der Waals surface area contributed by atoms with Crippen LogP contribution in [0.25, 0.3) is 0 Å². The molecule has 18 heavy (non-hydrogen) atoms. The fourth-order valence-corrected chi connectivity index (χ4v) is 2.30. The topological polar surface area (TPSA) is 67.5 Å². The monoisotopic (exact) mass is 265 g/mol. The van der Waals surface area contributed by atoms with Crippen LogP contribution >= 0.6 is 0 Å². The number of nitrogens with two attached hydrogens (primary N) is 1. The number of aliphatic imine (C=N–C) groups is 1. The van der Waals surface area contributed by atoms with Crippen LogP contribution in [-0.4, -0.2) is 22.5 Å². The summed E-state index contributed by atoms with van der Waals surface area (Å²) in [6.45, 7) is 0.584. The molecule has 1 saturated carbocycles. The molecule has 0 spiro atoms. The van der Waals surface area contributed by atoms with Gasteiger partial charge < -0.3 is 11.1 Å². The van der Waals surface area contributed by atoms with Crippen LogP contribution in [0.4, 0.5) is 0 Å². The third kappa shape index (κ3) is 4.49. The van der Waals surface area contributed by atoms with Crippen LogP contribution in [0, 0.1) is 0 Å². The number of benzene rings is 1. The summed E-state index contributed by atoms with van der Waals surface area (Å²) in [5.41, 5.74) is 7.96. The predicted octanol–water partition coefficient (Wildman–Crippen LogP) is 1.13. The second-order valence-corrected chi connectivity index (χ2v) is 6.09. The Hall–Kier alpha value is -1.36. The Morgan fingerprint density at radius 3 is 2.56 bits per heavy atom. The van der Waals surface area contributed by atoms with Crippen molar-refractivity contribution >= 4 is 16.8 Å². The molecule has 0 amide bonds. The lowest BCUT2D eigenvalue weighted by Crippen LogP contribution is -2.33. The van der Waals surface area contributed by atoms with Crippen molar-refractivity contribution in [3.63, 3.8) is 0 Å². The number of hydrogen-bond donors (Lipinski definition) is 2. The summed E-state index contributed by atoms with van der Waals surface area (Å²) >= 11 is 0. The van der Waals surface area contributed by atoms with Crippen molar-refractivity contribution in [3.05, 3.63) is 35.4 Å². The summed E-state index contributed by atoms with van der Waals surface area (Å²) in [7, 11) is -0.792. The highest BCUT2D eigenvalue weighted by atomic mass is 32.2. The van der Waals surface area contributed by atoms with Crippen molar-refractivity contribution in [2.75, 3.05) is 6.26 Å². The van der Waals surface area contributed by atoms with Gasteiger partial charge in [-0.2, -0.15) is 0 Å². The van der Waals surface area contributed by atoms with Crippen molar-refractivity contribution in [1.29, 1.82) is 0 Å². The maximum Gasteiger partial charge on any atom is 0.189 e. The molecule has 1 aliphatic rings. The van der Waals surface area contributed by atoms with Crippen LogP contribution in [0.1, 0.15) is 24.0 Å². The smallest absolute Gasteiger partial charge is 0.189 e. The zero-order chi connectivity index (χ0) is 13.0. The lowest BCUT2D eigenvalue weighted by molar-refractivity contribution is 0.686. The molecule has 0 radical (unpaired) electrons. The highest BCUT2D eigenvalue weighted by Gasteiger charge is 2.21. The molecule has 0 heterocycles. The van der Waals surface area contributed by atoms with E-state index < -0.39 is 10.8 Å². The Morgan fingerprint density at radius 2 is 2.00 bits per heavy atom. The molecule has 98 valence electrons. The van der Waals surface area contributed by atoms with Crippen molar-refractivity contribution < 1.29 is 4.21 Å². The molecule has 3 N–H and O–H groups in total. The van der Waals surface area contributed by atoms with Crippen molar-refractivity contribution in [1.82, 2.24) is 5.32 Å². The van der Waals surface area contributed by atoms with Crippen molar-refractivity contribution in [2.45, 2.75) is 31.2 Å². The van der Waals surface area contributed by atoms with Crippen LogP contribution in [-0.2, 0) is 23.1 Å². The highest BCUT2D eigenvalue weighted by molar-refractivity contribution is 7.83. The first-order valence-corrected chi connectivity index (χ1v) is 7.80. The van der Waals surface area contributed by atoms with Crippen LogP contribution in [0.15, 0.2) is 29.3 Å². The molecule has 1 fully saturated rings. The van der Waals surface area contributed by atoms with E-state index in [1.54, 1.807) is 6.26 Å². The molecule has 0 saturated heterocycles. The molecule has 4 nitrogen and oxygen atoms in total. The summed E-state index contributed by atoms with van der Waals surface area (Å²) in [6.07, 6.45) is 4.10. The first kappa shape index (κ1) is 13.1. The van der Waals surface area contributed by atoms with E-state index in [1.807, 2.05) is 24.3 Å². The molecule has 5 heteroatoms. The van der Waals surface area contributed by atoms with Gasteiger partial charge in [-0.15, -0.1) is 0 Å². The minimum Gasteiger partial charge on any atom is -0.370 e. The van der Waals surface area contributed by atoms with Gasteiger partial charge in [-0.25, -0.2) is 4.99 Å². The van der Waals surface area contributed by atoms with Crippen molar-refractivity contribution in [2.24, 2.45) is 10.7 Å². The fraction of sp³-hybridized carbons (Fsp3) is 0.462. The van der Waals surface area contributed by atoms with Crippen molar-refractivity contribution in [3.8, 4) is 0 Å². The Labute approximate surface area is 110 Å². The highest BCUT2D eigenvalue weighted by Crippen LogP contribution is 2.18. The molecule has 1 unspecified atom stereocenters. The maximum absolute atomic E-state index is 11.1. The summed E-state index contributed by atoms with van der Waals surface area (Å²) < 4.78 is 11.1. The maximum atomic E-state index is 11.1. The molecule has 0 bridgehead atoms. The molecule has 2 rings (SSSR count). The summed E-state index contributed by atoms with van der Waals surface area (Å²) in [5.74, 6) is 1.13. The Bertz CT molecular complexity index is 452. The average Bonchev–Trinajstić information content (AvgIpc) is 3.11. The molecule has 1 aliphatic carbocycles. The molecule has 1 atom stereocenters. The van der Waals surface area contributed by atoms with Gasteiger partial charge in [0.1, 0.15) is 0 Å². The summed E-state index contributed by atoms with van der Waals surface area (Å²) in [5, 5.41) is 3.15. The van der Waals surface area contributed by atoms with E-state index in [4.69, 9.17) is 5.73 Å². The first-order valence-electron chi connectivity index (χ1n) is 6.08. The van der Waals surface area contributed by atoms with E-state index in [0.717, 1.165) is 11.1 Å². The molecule has 0 aromatic heterocycles. The van der Waals surface area contributed by atoms with Gasteiger partial charge in [0.25, 0.3) is 0 Å². The number of hydrogen-bond acceptors (Lipinski definition) is 2. The first-order chi connectivity index (χ1) is 8.63. The minimum absolute atomic E-state index is 0.524. The number of nitrogens with zero attached hydrogens (tertiary/aromatic N) is 1. The zero-order valence-corrected chi connectivity index (χ0v) is 11.4. The largest absolute Gasteiger partial charge is 0.370 e. The normalized spacial score (nSPS) is 17.5.